The molecule has 2 N–H and O–H groups in total. The molecule has 3 heterocycles. The molecule has 36 heavy (non-hydrogen) atoms. The molecule has 2 saturated heterocycles. The molecule has 1 aromatic rings. The third kappa shape index (κ3) is 6.45. The maximum atomic E-state index is 13.4. The maximum absolute atomic E-state index is 13.4. The molecule has 8 nitrogen and oxygen atoms in total. The topological polar surface area (TPSA) is 122 Å². The Labute approximate surface area is 214 Å². The SMILES string of the molecule is CC[C@H]1C(=O)C(C)(C)[C@@H](O)CC(=O)O[C@H](/C(C)=C\c2coc(C)n2)C[C@@H]2O[C@@]2(C)CCC[C@H](C)[C@@H]1O. The summed E-state index contributed by atoms with van der Waals surface area (Å²) in [6.07, 6.45) is 3.73. The van der Waals surface area contributed by atoms with Crippen molar-refractivity contribution in [2.45, 2.75) is 117 Å². The van der Waals surface area contributed by atoms with Crippen LogP contribution in [0.3, 0.4) is 0 Å². The van der Waals surface area contributed by atoms with Crippen LogP contribution in [0.1, 0.15) is 91.7 Å². The van der Waals surface area contributed by atoms with E-state index in [9.17, 15) is 19.8 Å². The van der Waals surface area contributed by atoms with Crippen LogP contribution in [0.25, 0.3) is 6.08 Å². The summed E-state index contributed by atoms with van der Waals surface area (Å²) in [5.74, 6) is -0.966. The highest BCUT2D eigenvalue weighted by atomic mass is 16.6. The lowest BCUT2D eigenvalue weighted by Gasteiger charge is -2.35. The van der Waals surface area contributed by atoms with Gasteiger partial charge in [0.15, 0.2) is 5.89 Å². The number of hydrogen-bond acceptors (Lipinski definition) is 8. The monoisotopic (exact) mass is 505 g/mol. The number of oxazole rings is 1. The number of aliphatic hydroxyl groups is 2. The zero-order valence-electron chi connectivity index (χ0n) is 22.7. The summed E-state index contributed by atoms with van der Waals surface area (Å²) in [7, 11) is 0. The van der Waals surface area contributed by atoms with Crippen LogP contribution in [-0.4, -0.2) is 57.0 Å². The second kappa shape index (κ2) is 11.2. The van der Waals surface area contributed by atoms with Crippen molar-refractivity contribution in [1.82, 2.24) is 4.98 Å². The number of ketones is 1. The number of rotatable bonds is 3. The van der Waals surface area contributed by atoms with Crippen molar-refractivity contribution in [3.63, 3.8) is 0 Å². The van der Waals surface area contributed by atoms with E-state index < -0.39 is 35.6 Å². The Hall–Kier alpha value is -2.03. The zero-order chi connectivity index (χ0) is 26.8. The summed E-state index contributed by atoms with van der Waals surface area (Å²) in [5, 5.41) is 22.0. The average Bonchev–Trinajstić information content (AvgIpc) is 3.24. The van der Waals surface area contributed by atoms with E-state index in [4.69, 9.17) is 13.9 Å². The lowest BCUT2D eigenvalue weighted by molar-refractivity contribution is -0.154. The lowest BCUT2D eigenvalue weighted by Crippen LogP contribution is -2.46. The van der Waals surface area contributed by atoms with Crippen LogP contribution in [0.2, 0.25) is 0 Å². The van der Waals surface area contributed by atoms with Crippen molar-refractivity contribution in [3.05, 3.63) is 23.4 Å². The van der Waals surface area contributed by atoms with Crippen molar-refractivity contribution < 1.29 is 33.7 Å². The summed E-state index contributed by atoms with van der Waals surface area (Å²) in [4.78, 5) is 30.7. The molecule has 0 aliphatic carbocycles. The van der Waals surface area contributed by atoms with Gasteiger partial charge in [-0.25, -0.2) is 4.98 Å². The number of carbonyl (C=O) groups excluding carboxylic acids is 2. The number of nitrogens with zero attached hydrogens (tertiary/aromatic N) is 1. The molecule has 0 aromatic carbocycles. The highest BCUT2D eigenvalue weighted by Gasteiger charge is 2.53. The van der Waals surface area contributed by atoms with Crippen LogP contribution in [0.4, 0.5) is 0 Å². The molecule has 2 fully saturated rings. The second-order valence-electron chi connectivity index (χ2n) is 11.5. The number of cyclic esters (lactones) is 1. The van der Waals surface area contributed by atoms with Gasteiger partial charge in [0.25, 0.3) is 0 Å². The van der Waals surface area contributed by atoms with Gasteiger partial charge in [0.1, 0.15) is 23.8 Å². The number of aliphatic hydroxyl groups excluding tert-OH is 2. The van der Waals surface area contributed by atoms with Crippen molar-refractivity contribution in [1.29, 1.82) is 0 Å². The van der Waals surface area contributed by atoms with Crippen molar-refractivity contribution >= 4 is 17.8 Å². The van der Waals surface area contributed by atoms with Crippen LogP contribution in [0.15, 0.2) is 16.3 Å². The fraction of sp³-hybridized carbons (Fsp3) is 0.750. The molecular formula is C28H43NO7. The molecule has 3 rings (SSSR count). The first-order valence-corrected chi connectivity index (χ1v) is 13.2. The van der Waals surface area contributed by atoms with E-state index in [1.165, 1.54) is 0 Å². The standard InChI is InChI=1S/C28H43NO7/c1-8-20-25(32)16(2)10-9-11-28(7)23(36-28)13-21(17(3)12-19-15-34-18(4)29-19)35-24(31)14-22(30)27(5,6)26(20)33/h12,15-16,20-23,25,30,32H,8-11,13-14H2,1-7H3/b17-12-/t16-,20+,21-,22-,23-,25-,28-/m0/s1. The first-order valence-electron chi connectivity index (χ1n) is 13.2. The minimum atomic E-state index is -1.24. The van der Waals surface area contributed by atoms with Crippen LogP contribution < -0.4 is 0 Å². The molecule has 0 saturated carbocycles. The second-order valence-corrected chi connectivity index (χ2v) is 11.5. The van der Waals surface area contributed by atoms with Crippen molar-refractivity contribution in [3.8, 4) is 0 Å². The van der Waals surface area contributed by atoms with E-state index in [2.05, 4.69) is 11.9 Å². The first-order chi connectivity index (χ1) is 16.8. The Balaban J connectivity index is 1.87. The number of Topliss-reactive ketones (excluding diaryl/α,β-unsaturated/α-hetero) is 1. The molecule has 0 spiro atoms. The number of esters is 1. The fourth-order valence-electron chi connectivity index (χ4n) is 5.29. The number of epoxide rings is 1. The highest BCUT2D eigenvalue weighted by Crippen LogP contribution is 2.45. The predicted octanol–water partition coefficient (Wildman–Crippen LogP) is 4.40. The van der Waals surface area contributed by atoms with Gasteiger partial charge in [0.05, 0.1) is 35.7 Å². The number of carbonyl (C=O) groups is 2. The smallest absolute Gasteiger partial charge is 0.309 e. The van der Waals surface area contributed by atoms with Gasteiger partial charge in [-0.05, 0) is 50.7 Å². The van der Waals surface area contributed by atoms with Gasteiger partial charge in [-0.1, -0.05) is 34.1 Å². The Morgan fingerprint density at radius 2 is 1.94 bits per heavy atom. The normalized spacial score (nSPS) is 36.8. The maximum Gasteiger partial charge on any atom is 0.309 e. The van der Waals surface area contributed by atoms with Crippen LogP contribution in [0, 0.1) is 24.2 Å². The molecule has 0 amide bonds. The Bertz CT molecular complexity index is 967. The summed E-state index contributed by atoms with van der Waals surface area (Å²) in [5.41, 5.74) is -0.104. The van der Waals surface area contributed by atoms with Crippen LogP contribution in [0.5, 0.6) is 0 Å². The van der Waals surface area contributed by atoms with E-state index in [0.29, 0.717) is 24.4 Å². The highest BCUT2D eigenvalue weighted by molar-refractivity contribution is 5.88. The first kappa shape index (κ1) is 28.5. The molecule has 202 valence electrons. The van der Waals surface area contributed by atoms with E-state index in [1.807, 2.05) is 26.8 Å². The van der Waals surface area contributed by atoms with Gasteiger partial charge in [-0.15, -0.1) is 0 Å². The quantitative estimate of drug-likeness (QED) is 0.458. The summed E-state index contributed by atoms with van der Waals surface area (Å²) >= 11 is 0. The minimum Gasteiger partial charge on any atom is -0.458 e. The lowest BCUT2D eigenvalue weighted by atomic mass is 9.71. The molecule has 0 radical (unpaired) electrons. The average molecular weight is 506 g/mol. The van der Waals surface area contributed by atoms with E-state index in [1.54, 1.807) is 27.0 Å². The predicted molar refractivity (Wildman–Crippen MR) is 135 cm³/mol. The fourth-order valence-corrected chi connectivity index (χ4v) is 5.29. The molecule has 0 bridgehead atoms. The third-order valence-electron chi connectivity index (χ3n) is 8.19. The third-order valence-corrected chi connectivity index (χ3v) is 8.19. The largest absolute Gasteiger partial charge is 0.458 e. The van der Waals surface area contributed by atoms with E-state index >= 15 is 0 Å². The van der Waals surface area contributed by atoms with Gasteiger partial charge < -0.3 is 24.1 Å². The van der Waals surface area contributed by atoms with Crippen LogP contribution in [-0.2, 0) is 19.1 Å². The molecular weight excluding hydrogens is 462 g/mol. The summed E-state index contributed by atoms with van der Waals surface area (Å²) < 4.78 is 17.2. The number of hydrogen-bond donors (Lipinski definition) is 2. The molecule has 1 aromatic heterocycles. The Kier molecular flexibility index (Phi) is 8.84. The van der Waals surface area contributed by atoms with Crippen molar-refractivity contribution in [2.75, 3.05) is 0 Å². The molecule has 2 aliphatic heterocycles. The Morgan fingerprint density at radius 3 is 2.56 bits per heavy atom. The van der Waals surface area contributed by atoms with Crippen LogP contribution >= 0.6 is 0 Å². The molecule has 8 heteroatoms. The number of aryl methyl sites for hydroxylation is 1. The number of aromatic nitrogens is 1. The molecule has 7 atom stereocenters. The summed E-state index contributed by atoms with van der Waals surface area (Å²) in [6, 6.07) is 0. The van der Waals surface area contributed by atoms with E-state index in [-0.39, 0.29) is 29.8 Å². The van der Waals surface area contributed by atoms with Crippen molar-refractivity contribution in [2.24, 2.45) is 17.3 Å². The van der Waals surface area contributed by atoms with Gasteiger partial charge in [-0.3, -0.25) is 9.59 Å². The minimum absolute atomic E-state index is 0.0721. The Morgan fingerprint density at radius 1 is 1.25 bits per heavy atom. The van der Waals surface area contributed by atoms with Gasteiger partial charge in [0.2, 0.25) is 0 Å². The van der Waals surface area contributed by atoms with E-state index in [0.717, 1.165) is 24.8 Å². The van der Waals surface area contributed by atoms with Gasteiger partial charge in [-0.2, -0.15) is 0 Å². The number of fused-ring (bicyclic) bond motifs is 1. The zero-order valence-corrected chi connectivity index (χ0v) is 22.7. The molecule has 2 aliphatic rings. The van der Waals surface area contributed by atoms with Gasteiger partial charge >= 0.3 is 5.97 Å². The summed E-state index contributed by atoms with van der Waals surface area (Å²) in [6.45, 7) is 12.8. The number of ether oxygens (including phenoxy) is 2. The molecule has 0 unspecified atom stereocenters. The van der Waals surface area contributed by atoms with Gasteiger partial charge in [0, 0.05) is 19.3 Å².